The standard InChI is InChI=1S/C45H52N2O7/c1-49-24-26-51-33-53-43-41(29-35-14-6-3-7-15-35)46(31-37-18-10-5-11-19-37)45(48)47(32-38-22-23-39-20-12-13-21-40(39)28-38)42(30-36-16-8-4-9-17-36)44(43)54-34-52-27-25-50-2/h3-23,28,41-44H,24-27,29-34H2,1-2H3/t41-,42-,43+,44+/m1/s1. The maximum absolute atomic E-state index is 15.6. The van der Waals surface area contributed by atoms with Crippen molar-refractivity contribution in [2.45, 2.75) is 50.2 Å². The summed E-state index contributed by atoms with van der Waals surface area (Å²) >= 11 is 0. The van der Waals surface area contributed by atoms with E-state index in [4.69, 9.17) is 28.4 Å². The number of carbonyl (C=O) groups excluding carboxylic acids is 1. The Hall–Kier alpha value is -4.61. The van der Waals surface area contributed by atoms with Crippen LogP contribution < -0.4 is 0 Å². The predicted octanol–water partition coefficient (Wildman–Crippen LogP) is 7.51. The van der Waals surface area contributed by atoms with Crippen molar-refractivity contribution in [2.75, 3.05) is 54.2 Å². The number of urea groups is 1. The number of fused-ring (bicyclic) bond motifs is 1. The summed E-state index contributed by atoms with van der Waals surface area (Å²) in [6.07, 6.45) is -0.154. The third-order valence-electron chi connectivity index (χ3n) is 9.86. The molecule has 2 amide bonds. The maximum atomic E-state index is 15.6. The zero-order valence-corrected chi connectivity index (χ0v) is 31.3. The van der Waals surface area contributed by atoms with Crippen LogP contribution in [0.2, 0.25) is 0 Å². The van der Waals surface area contributed by atoms with Crippen molar-refractivity contribution in [3.05, 3.63) is 156 Å². The number of hydrogen-bond donors (Lipinski definition) is 0. The summed E-state index contributed by atoms with van der Waals surface area (Å²) < 4.78 is 36.1. The van der Waals surface area contributed by atoms with E-state index in [1.54, 1.807) is 14.2 Å². The highest BCUT2D eigenvalue weighted by atomic mass is 16.7. The summed E-state index contributed by atoms with van der Waals surface area (Å²) in [5.41, 5.74) is 4.21. The highest BCUT2D eigenvalue weighted by molar-refractivity contribution is 5.83. The Morgan fingerprint density at radius 3 is 1.43 bits per heavy atom. The van der Waals surface area contributed by atoms with E-state index in [1.807, 2.05) is 76.5 Å². The van der Waals surface area contributed by atoms with Gasteiger partial charge in [0.2, 0.25) is 0 Å². The highest BCUT2D eigenvalue weighted by Crippen LogP contribution is 2.33. The lowest BCUT2D eigenvalue weighted by molar-refractivity contribution is -0.192. The van der Waals surface area contributed by atoms with E-state index in [2.05, 4.69) is 66.7 Å². The number of benzene rings is 5. The molecule has 5 aromatic rings. The van der Waals surface area contributed by atoms with Gasteiger partial charge in [-0.3, -0.25) is 0 Å². The fraction of sp³-hybridized carbons (Fsp3) is 0.356. The minimum absolute atomic E-state index is 0.000191. The van der Waals surface area contributed by atoms with Crippen molar-refractivity contribution in [2.24, 2.45) is 0 Å². The second-order valence-electron chi connectivity index (χ2n) is 13.5. The topological polar surface area (TPSA) is 78.9 Å². The first-order valence-electron chi connectivity index (χ1n) is 18.7. The van der Waals surface area contributed by atoms with Gasteiger partial charge in [-0.15, -0.1) is 0 Å². The van der Waals surface area contributed by atoms with Crippen molar-refractivity contribution < 1.29 is 33.2 Å². The van der Waals surface area contributed by atoms with Gasteiger partial charge >= 0.3 is 6.03 Å². The van der Waals surface area contributed by atoms with E-state index in [-0.39, 0.29) is 19.6 Å². The monoisotopic (exact) mass is 732 g/mol. The molecule has 0 N–H and O–H groups in total. The quantitative estimate of drug-likeness (QED) is 0.0606. The molecule has 4 atom stereocenters. The van der Waals surface area contributed by atoms with Gasteiger partial charge in [-0.05, 0) is 51.9 Å². The average molecular weight is 733 g/mol. The molecule has 9 nitrogen and oxygen atoms in total. The van der Waals surface area contributed by atoms with Crippen molar-refractivity contribution >= 4 is 16.8 Å². The van der Waals surface area contributed by atoms with Crippen LogP contribution in [0, 0.1) is 0 Å². The van der Waals surface area contributed by atoms with E-state index < -0.39 is 24.3 Å². The van der Waals surface area contributed by atoms with Crippen LogP contribution in [0.3, 0.4) is 0 Å². The summed E-state index contributed by atoms with van der Waals surface area (Å²) in [6, 6.07) is 44.4. The molecular weight excluding hydrogens is 681 g/mol. The molecule has 9 heteroatoms. The minimum Gasteiger partial charge on any atom is -0.382 e. The van der Waals surface area contributed by atoms with Crippen molar-refractivity contribution in [1.29, 1.82) is 0 Å². The fourth-order valence-corrected chi connectivity index (χ4v) is 7.16. The second-order valence-corrected chi connectivity index (χ2v) is 13.5. The normalized spacial score (nSPS) is 19.0. The van der Waals surface area contributed by atoms with Gasteiger partial charge < -0.3 is 38.2 Å². The van der Waals surface area contributed by atoms with E-state index in [0.717, 1.165) is 33.0 Å². The van der Waals surface area contributed by atoms with Gasteiger partial charge in [-0.25, -0.2) is 4.79 Å². The van der Waals surface area contributed by atoms with Gasteiger partial charge in [0.1, 0.15) is 25.8 Å². The SMILES string of the molecule is COCCOCO[C@@H]1[C@@H](OCOCCOC)[C@@H](Cc2ccccc2)N(Cc2ccc3ccccc3c2)C(=O)N(Cc2ccccc2)[C@@H]1Cc1ccccc1. The van der Waals surface area contributed by atoms with Gasteiger partial charge in [0.25, 0.3) is 0 Å². The van der Waals surface area contributed by atoms with Crippen LogP contribution in [0.15, 0.2) is 133 Å². The fourth-order valence-electron chi connectivity index (χ4n) is 7.16. The van der Waals surface area contributed by atoms with Gasteiger partial charge in [0, 0.05) is 27.3 Å². The van der Waals surface area contributed by atoms with Gasteiger partial charge in [0.15, 0.2) is 0 Å². The molecule has 6 rings (SSSR count). The molecule has 1 heterocycles. The molecule has 0 bridgehead atoms. The minimum atomic E-state index is -0.613. The Morgan fingerprint density at radius 1 is 0.481 bits per heavy atom. The number of ether oxygens (including phenoxy) is 6. The van der Waals surface area contributed by atoms with Crippen molar-refractivity contribution in [1.82, 2.24) is 9.80 Å². The molecule has 5 aromatic carbocycles. The van der Waals surface area contributed by atoms with Crippen molar-refractivity contribution in [3.63, 3.8) is 0 Å². The molecule has 0 spiro atoms. The third kappa shape index (κ3) is 10.8. The molecular formula is C45H52N2O7. The summed E-state index contributed by atoms with van der Waals surface area (Å²) in [5.74, 6) is 0. The number of amides is 2. The van der Waals surface area contributed by atoms with Crippen LogP contribution in [-0.2, 0) is 54.4 Å². The molecule has 0 aromatic heterocycles. The van der Waals surface area contributed by atoms with Crippen LogP contribution in [0.5, 0.6) is 0 Å². The number of carbonyl (C=O) groups is 1. The highest BCUT2D eigenvalue weighted by Gasteiger charge is 2.49. The summed E-state index contributed by atoms with van der Waals surface area (Å²) in [6.45, 7) is 2.35. The number of rotatable bonds is 20. The van der Waals surface area contributed by atoms with E-state index >= 15 is 4.79 Å². The van der Waals surface area contributed by atoms with E-state index in [0.29, 0.717) is 52.4 Å². The molecule has 0 radical (unpaired) electrons. The lowest BCUT2D eigenvalue weighted by Crippen LogP contribution is -2.53. The zero-order valence-electron chi connectivity index (χ0n) is 31.3. The Morgan fingerprint density at radius 2 is 0.926 bits per heavy atom. The first kappa shape index (κ1) is 39.1. The first-order chi connectivity index (χ1) is 26.6. The summed E-state index contributed by atoms with van der Waals surface area (Å²) in [4.78, 5) is 19.6. The lowest BCUT2D eigenvalue weighted by atomic mass is 9.90. The number of methoxy groups -OCH3 is 2. The van der Waals surface area contributed by atoms with Crippen LogP contribution in [0.1, 0.15) is 22.3 Å². The second kappa shape index (κ2) is 20.7. The van der Waals surface area contributed by atoms with Gasteiger partial charge in [-0.2, -0.15) is 0 Å². The van der Waals surface area contributed by atoms with E-state index in [9.17, 15) is 0 Å². The Bertz CT molecular complexity index is 1830. The zero-order chi connectivity index (χ0) is 37.4. The molecule has 284 valence electrons. The number of hydrogen-bond acceptors (Lipinski definition) is 7. The molecule has 1 aliphatic rings. The first-order valence-corrected chi connectivity index (χ1v) is 18.7. The maximum Gasteiger partial charge on any atom is 0.321 e. The van der Waals surface area contributed by atoms with Crippen molar-refractivity contribution in [3.8, 4) is 0 Å². The molecule has 1 fully saturated rings. The lowest BCUT2D eigenvalue weighted by Gasteiger charge is -2.38. The molecule has 0 saturated carbocycles. The molecule has 1 aliphatic heterocycles. The Kier molecular flexibility index (Phi) is 15.0. The van der Waals surface area contributed by atoms with Crippen LogP contribution >= 0.6 is 0 Å². The summed E-state index contributed by atoms with van der Waals surface area (Å²) in [5, 5.41) is 2.27. The van der Waals surface area contributed by atoms with Gasteiger partial charge in [0.05, 0.1) is 38.5 Å². The predicted molar refractivity (Wildman–Crippen MR) is 210 cm³/mol. The van der Waals surface area contributed by atoms with Gasteiger partial charge in [-0.1, -0.05) is 127 Å². The van der Waals surface area contributed by atoms with Crippen LogP contribution in [-0.4, -0.2) is 94.4 Å². The molecule has 1 saturated heterocycles. The number of nitrogens with zero attached hydrogens (tertiary/aromatic N) is 2. The smallest absolute Gasteiger partial charge is 0.321 e. The molecule has 54 heavy (non-hydrogen) atoms. The molecule has 0 unspecified atom stereocenters. The molecule has 0 aliphatic carbocycles. The van der Waals surface area contributed by atoms with E-state index in [1.165, 1.54) is 0 Å². The third-order valence-corrected chi connectivity index (χ3v) is 9.86. The van der Waals surface area contributed by atoms with Crippen LogP contribution in [0.4, 0.5) is 4.79 Å². The largest absolute Gasteiger partial charge is 0.382 e. The Balaban J connectivity index is 1.49. The average Bonchev–Trinajstić information content (AvgIpc) is 3.28. The Labute approximate surface area is 319 Å². The summed E-state index contributed by atoms with van der Waals surface area (Å²) in [7, 11) is 3.29. The van der Waals surface area contributed by atoms with Crippen LogP contribution in [0.25, 0.3) is 10.8 Å².